The Bertz CT molecular complexity index is 781. The topological polar surface area (TPSA) is 66.4 Å². The average molecular weight is 357 g/mol. The highest BCUT2D eigenvalue weighted by Gasteiger charge is 2.10. The van der Waals surface area contributed by atoms with Gasteiger partial charge < -0.3 is 19.0 Å². The van der Waals surface area contributed by atoms with Crippen LogP contribution in [0.15, 0.2) is 47.6 Å². The summed E-state index contributed by atoms with van der Waals surface area (Å²) >= 11 is 0. The molecule has 6 heteroatoms. The SMILES string of the molecule is COc1ccc(/C(C)=N\OC(=O)c2ccc(OC(C)C)cc2)cc1OC. The largest absolute Gasteiger partial charge is 0.493 e. The second kappa shape index (κ2) is 8.89. The van der Waals surface area contributed by atoms with Crippen LogP contribution in [0.5, 0.6) is 17.2 Å². The van der Waals surface area contributed by atoms with Crippen LogP contribution in [-0.2, 0) is 4.84 Å². The molecular weight excluding hydrogens is 334 g/mol. The highest BCUT2D eigenvalue weighted by atomic mass is 16.7. The van der Waals surface area contributed by atoms with E-state index in [1.807, 2.05) is 19.9 Å². The molecule has 0 saturated carbocycles. The van der Waals surface area contributed by atoms with Crippen LogP contribution >= 0.6 is 0 Å². The van der Waals surface area contributed by atoms with Crippen molar-refractivity contribution in [2.24, 2.45) is 5.16 Å². The Morgan fingerprint density at radius 3 is 2.12 bits per heavy atom. The summed E-state index contributed by atoms with van der Waals surface area (Å²) in [6, 6.07) is 12.1. The normalized spacial score (nSPS) is 11.2. The molecule has 6 nitrogen and oxygen atoms in total. The Balaban J connectivity index is 2.07. The molecular formula is C20H23NO5. The third-order valence-corrected chi connectivity index (χ3v) is 3.53. The summed E-state index contributed by atoms with van der Waals surface area (Å²) in [6.07, 6.45) is 0.0709. The first-order valence-corrected chi connectivity index (χ1v) is 8.19. The summed E-state index contributed by atoms with van der Waals surface area (Å²) in [7, 11) is 3.12. The van der Waals surface area contributed by atoms with Crippen molar-refractivity contribution >= 4 is 11.7 Å². The lowest BCUT2D eigenvalue weighted by molar-refractivity contribution is 0.0516. The van der Waals surface area contributed by atoms with Gasteiger partial charge in [0.05, 0.1) is 31.6 Å². The Morgan fingerprint density at radius 2 is 1.54 bits per heavy atom. The molecule has 0 bridgehead atoms. The van der Waals surface area contributed by atoms with Crippen LogP contribution in [0, 0.1) is 0 Å². The highest BCUT2D eigenvalue weighted by molar-refractivity contribution is 5.99. The molecule has 0 aliphatic heterocycles. The van der Waals surface area contributed by atoms with Gasteiger partial charge in [0.15, 0.2) is 11.5 Å². The summed E-state index contributed by atoms with van der Waals surface area (Å²) in [6.45, 7) is 5.62. The van der Waals surface area contributed by atoms with Crippen molar-refractivity contribution in [2.45, 2.75) is 26.9 Å². The quantitative estimate of drug-likeness (QED) is 0.424. The van der Waals surface area contributed by atoms with E-state index in [2.05, 4.69) is 5.16 Å². The van der Waals surface area contributed by atoms with Crippen molar-refractivity contribution in [3.63, 3.8) is 0 Å². The van der Waals surface area contributed by atoms with Crippen LogP contribution < -0.4 is 14.2 Å². The number of rotatable bonds is 7. The summed E-state index contributed by atoms with van der Waals surface area (Å²) in [5, 5.41) is 3.91. The summed E-state index contributed by atoms with van der Waals surface area (Å²) in [5.74, 6) is 1.35. The zero-order valence-electron chi connectivity index (χ0n) is 15.6. The van der Waals surface area contributed by atoms with Crippen LogP contribution in [0.3, 0.4) is 0 Å². The number of carbonyl (C=O) groups is 1. The molecule has 138 valence electrons. The van der Waals surface area contributed by atoms with E-state index >= 15 is 0 Å². The van der Waals surface area contributed by atoms with Gasteiger partial charge in [0.1, 0.15) is 5.75 Å². The monoisotopic (exact) mass is 357 g/mol. The minimum absolute atomic E-state index is 0.0709. The molecule has 0 heterocycles. The number of nitrogens with zero attached hydrogens (tertiary/aromatic N) is 1. The number of oxime groups is 1. The lowest BCUT2D eigenvalue weighted by Crippen LogP contribution is -2.07. The third-order valence-electron chi connectivity index (χ3n) is 3.53. The molecule has 0 aliphatic rings. The van der Waals surface area contributed by atoms with Gasteiger partial charge in [0, 0.05) is 5.56 Å². The Hall–Kier alpha value is -3.02. The zero-order valence-corrected chi connectivity index (χ0v) is 15.6. The minimum Gasteiger partial charge on any atom is -0.493 e. The average Bonchev–Trinajstić information content (AvgIpc) is 2.65. The molecule has 0 unspecified atom stereocenters. The lowest BCUT2D eigenvalue weighted by atomic mass is 10.1. The van der Waals surface area contributed by atoms with E-state index in [9.17, 15) is 4.79 Å². The third kappa shape index (κ3) is 4.99. The summed E-state index contributed by atoms with van der Waals surface area (Å²) in [4.78, 5) is 17.2. The first-order valence-electron chi connectivity index (χ1n) is 8.19. The lowest BCUT2D eigenvalue weighted by Gasteiger charge is -2.10. The number of methoxy groups -OCH3 is 2. The number of hydrogen-bond donors (Lipinski definition) is 0. The molecule has 0 atom stereocenters. The van der Waals surface area contributed by atoms with E-state index in [1.54, 1.807) is 57.5 Å². The fraction of sp³-hybridized carbons (Fsp3) is 0.300. The summed E-state index contributed by atoms with van der Waals surface area (Å²) < 4.78 is 16.0. The first-order chi connectivity index (χ1) is 12.4. The van der Waals surface area contributed by atoms with Crippen LogP contribution in [0.4, 0.5) is 0 Å². The maximum atomic E-state index is 12.1. The molecule has 0 aromatic heterocycles. The van der Waals surface area contributed by atoms with Crippen molar-refractivity contribution in [1.82, 2.24) is 0 Å². The minimum atomic E-state index is -0.541. The fourth-order valence-electron chi connectivity index (χ4n) is 2.22. The first kappa shape index (κ1) is 19.3. The van der Waals surface area contributed by atoms with Gasteiger partial charge in [-0.3, -0.25) is 0 Å². The van der Waals surface area contributed by atoms with Crippen molar-refractivity contribution in [2.75, 3.05) is 14.2 Å². The molecule has 2 aromatic rings. The number of benzene rings is 2. The van der Waals surface area contributed by atoms with Gasteiger partial charge in [-0.2, -0.15) is 0 Å². The second-order valence-corrected chi connectivity index (χ2v) is 5.82. The van der Waals surface area contributed by atoms with Gasteiger partial charge in [0.25, 0.3) is 0 Å². The fourth-order valence-corrected chi connectivity index (χ4v) is 2.22. The molecule has 26 heavy (non-hydrogen) atoms. The Kier molecular flexibility index (Phi) is 6.60. The number of hydrogen-bond acceptors (Lipinski definition) is 6. The van der Waals surface area contributed by atoms with E-state index < -0.39 is 5.97 Å². The smallest absolute Gasteiger partial charge is 0.365 e. The van der Waals surface area contributed by atoms with Crippen LogP contribution in [0.25, 0.3) is 0 Å². The van der Waals surface area contributed by atoms with E-state index in [4.69, 9.17) is 19.0 Å². The zero-order chi connectivity index (χ0) is 19.1. The number of carbonyl (C=O) groups excluding carboxylic acids is 1. The highest BCUT2D eigenvalue weighted by Crippen LogP contribution is 2.27. The van der Waals surface area contributed by atoms with Gasteiger partial charge in [-0.15, -0.1) is 0 Å². The van der Waals surface area contributed by atoms with E-state index in [0.717, 1.165) is 5.56 Å². The molecule has 0 radical (unpaired) electrons. The Labute approximate surface area is 153 Å². The second-order valence-electron chi connectivity index (χ2n) is 5.82. The predicted octanol–water partition coefficient (Wildman–Crippen LogP) is 4.07. The van der Waals surface area contributed by atoms with Gasteiger partial charge in [0.2, 0.25) is 0 Å². The number of ether oxygens (including phenoxy) is 3. The Morgan fingerprint density at radius 1 is 0.923 bits per heavy atom. The molecule has 2 rings (SSSR count). The van der Waals surface area contributed by atoms with Crippen LogP contribution in [0.2, 0.25) is 0 Å². The van der Waals surface area contributed by atoms with Gasteiger partial charge in [-0.25, -0.2) is 4.79 Å². The van der Waals surface area contributed by atoms with E-state index in [1.165, 1.54) is 0 Å². The molecule has 0 spiro atoms. The van der Waals surface area contributed by atoms with E-state index in [0.29, 0.717) is 28.5 Å². The van der Waals surface area contributed by atoms with Crippen LogP contribution in [0.1, 0.15) is 36.7 Å². The molecule has 0 fully saturated rings. The van der Waals surface area contributed by atoms with E-state index in [-0.39, 0.29) is 6.10 Å². The molecule has 0 N–H and O–H groups in total. The van der Waals surface area contributed by atoms with Crippen molar-refractivity contribution < 1.29 is 23.8 Å². The molecule has 0 aliphatic carbocycles. The maximum absolute atomic E-state index is 12.1. The van der Waals surface area contributed by atoms with Gasteiger partial charge in [-0.05, 0) is 63.2 Å². The predicted molar refractivity (Wildman–Crippen MR) is 99.4 cm³/mol. The maximum Gasteiger partial charge on any atom is 0.365 e. The summed E-state index contributed by atoms with van der Waals surface area (Å²) in [5.41, 5.74) is 1.69. The molecule has 0 amide bonds. The molecule has 2 aromatic carbocycles. The van der Waals surface area contributed by atoms with Crippen molar-refractivity contribution in [3.8, 4) is 17.2 Å². The van der Waals surface area contributed by atoms with Gasteiger partial charge in [-0.1, -0.05) is 5.16 Å². The standard InChI is InChI=1S/C20H23NO5/c1-13(2)25-17-9-6-15(7-10-17)20(22)26-21-14(3)16-8-11-18(23-4)19(12-16)24-5/h6-13H,1-5H3/b21-14-. The van der Waals surface area contributed by atoms with Gasteiger partial charge >= 0.3 is 5.97 Å². The molecule has 0 saturated heterocycles. The van der Waals surface area contributed by atoms with Crippen molar-refractivity contribution in [1.29, 1.82) is 0 Å². The van der Waals surface area contributed by atoms with Crippen molar-refractivity contribution in [3.05, 3.63) is 53.6 Å². The van der Waals surface area contributed by atoms with Crippen LogP contribution in [-0.4, -0.2) is 32.0 Å².